The summed E-state index contributed by atoms with van der Waals surface area (Å²) >= 11 is 0. The zero-order chi connectivity index (χ0) is 13.3. The van der Waals surface area contributed by atoms with Crippen LogP contribution in [-0.2, 0) is 6.61 Å². The van der Waals surface area contributed by atoms with Crippen molar-refractivity contribution in [2.24, 2.45) is 16.7 Å². The number of aliphatic hydroxyl groups is 1. The zero-order valence-corrected chi connectivity index (χ0v) is 11.5. The van der Waals surface area contributed by atoms with Gasteiger partial charge in [-0.25, -0.2) is 0 Å². The predicted molar refractivity (Wildman–Crippen MR) is 70.8 cm³/mol. The Bertz CT molecular complexity index is 366. The lowest BCUT2D eigenvalue weighted by Crippen LogP contribution is -1.95. The van der Waals surface area contributed by atoms with E-state index in [4.69, 9.17) is 10.2 Å². The van der Waals surface area contributed by atoms with Gasteiger partial charge in [0, 0.05) is 5.56 Å². The molecule has 96 valence electrons. The van der Waals surface area contributed by atoms with Gasteiger partial charge in [0.05, 0.1) is 6.61 Å². The average Bonchev–Trinajstić information content (AvgIpc) is 2.62. The Morgan fingerprint density at radius 1 is 1.06 bits per heavy atom. The van der Waals surface area contributed by atoms with E-state index in [1.54, 1.807) is 24.3 Å². The van der Waals surface area contributed by atoms with Gasteiger partial charge in [0.1, 0.15) is 5.75 Å². The molecule has 1 aliphatic carbocycles. The maximum atomic E-state index is 8.95. The van der Waals surface area contributed by atoms with E-state index < -0.39 is 0 Å². The lowest BCUT2D eigenvalue weighted by atomic mass is 10.0. The van der Waals surface area contributed by atoms with Gasteiger partial charge in [0.2, 0.25) is 0 Å². The third-order valence-corrected chi connectivity index (χ3v) is 4.90. The van der Waals surface area contributed by atoms with Crippen LogP contribution in [0.25, 0.3) is 0 Å². The summed E-state index contributed by atoms with van der Waals surface area (Å²) in [6, 6.07) is 6.71. The Morgan fingerprint density at radius 3 is 1.71 bits per heavy atom. The van der Waals surface area contributed by atoms with Crippen LogP contribution in [0.1, 0.15) is 40.2 Å². The first-order valence-corrected chi connectivity index (χ1v) is 6.13. The molecule has 0 unspecified atom stereocenters. The summed E-state index contributed by atoms with van der Waals surface area (Å²) in [5.74, 6) is 1.06. The first-order valence-electron chi connectivity index (χ1n) is 6.13. The minimum absolute atomic E-state index is 0.104. The predicted octanol–water partition coefficient (Wildman–Crippen LogP) is 3.57. The molecule has 0 aromatic heterocycles. The molecule has 0 radical (unpaired) electrons. The quantitative estimate of drug-likeness (QED) is 0.782. The molecule has 1 aromatic rings. The summed E-state index contributed by atoms with van der Waals surface area (Å²) in [5.41, 5.74) is 1.78. The molecule has 1 fully saturated rings. The van der Waals surface area contributed by atoms with Crippen LogP contribution in [0, 0.1) is 16.7 Å². The van der Waals surface area contributed by atoms with E-state index in [-0.39, 0.29) is 12.4 Å². The Labute approximate surface area is 104 Å². The van der Waals surface area contributed by atoms with E-state index in [0.717, 1.165) is 5.92 Å². The summed E-state index contributed by atoms with van der Waals surface area (Å²) in [6.45, 7) is 11.6. The molecule has 0 bridgehead atoms. The smallest absolute Gasteiger partial charge is 0.121 e. The standard InChI is InChI=1S/C8H16.C7H8O2/c1-6-7(2,3)8(6,4)5;8-5-6-3-1-2-4-7(6)9/h6H,1-5H3;1-4,8-9H,5H2. The van der Waals surface area contributed by atoms with Crippen molar-refractivity contribution in [3.63, 3.8) is 0 Å². The summed E-state index contributed by atoms with van der Waals surface area (Å²) < 4.78 is 0. The van der Waals surface area contributed by atoms with E-state index in [2.05, 4.69) is 34.6 Å². The van der Waals surface area contributed by atoms with Crippen molar-refractivity contribution in [3.05, 3.63) is 29.8 Å². The molecular formula is C15H24O2. The highest BCUT2D eigenvalue weighted by atomic mass is 16.3. The number of phenols is 1. The second-order valence-electron chi connectivity index (χ2n) is 5.95. The first kappa shape index (κ1) is 14.0. The largest absolute Gasteiger partial charge is 0.508 e. The van der Waals surface area contributed by atoms with Gasteiger partial charge in [-0.2, -0.15) is 0 Å². The van der Waals surface area contributed by atoms with Crippen LogP contribution < -0.4 is 0 Å². The third kappa shape index (κ3) is 2.63. The number of rotatable bonds is 1. The van der Waals surface area contributed by atoms with Crippen molar-refractivity contribution in [3.8, 4) is 5.75 Å². The number of benzene rings is 1. The normalized spacial score (nSPS) is 20.4. The van der Waals surface area contributed by atoms with Crippen molar-refractivity contribution < 1.29 is 10.2 Å². The SMILES string of the molecule is CC1C(C)(C)C1(C)C.OCc1ccccc1O. The second-order valence-corrected chi connectivity index (χ2v) is 5.95. The van der Waals surface area contributed by atoms with Crippen LogP contribution in [0.4, 0.5) is 0 Å². The number of hydrogen-bond donors (Lipinski definition) is 2. The minimum Gasteiger partial charge on any atom is -0.508 e. The van der Waals surface area contributed by atoms with E-state index in [1.165, 1.54) is 0 Å². The summed E-state index contributed by atoms with van der Waals surface area (Å²) in [6.07, 6.45) is 0. The zero-order valence-electron chi connectivity index (χ0n) is 11.5. The summed E-state index contributed by atoms with van der Waals surface area (Å²) in [5, 5.41) is 17.5. The van der Waals surface area contributed by atoms with Gasteiger partial charge >= 0.3 is 0 Å². The molecule has 17 heavy (non-hydrogen) atoms. The Balaban J connectivity index is 0.000000171. The van der Waals surface area contributed by atoms with E-state index in [9.17, 15) is 0 Å². The Morgan fingerprint density at radius 2 is 1.47 bits per heavy atom. The highest BCUT2D eigenvalue weighted by molar-refractivity contribution is 5.30. The van der Waals surface area contributed by atoms with Gasteiger partial charge in [0.25, 0.3) is 0 Å². The van der Waals surface area contributed by atoms with Crippen molar-refractivity contribution >= 4 is 0 Å². The molecule has 2 heteroatoms. The molecule has 1 aromatic carbocycles. The Kier molecular flexibility index (Phi) is 3.88. The van der Waals surface area contributed by atoms with Crippen molar-refractivity contribution in [2.75, 3.05) is 0 Å². The van der Waals surface area contributed by atoms with E-state index in [0.29, 0.717) is 16.4 Å². The Hall–Kier alpha value is -1.02. The number of para-hydroxylation sites is 1. The maximum absolute atomic E-state index is 8.95. The molecule has 0 spiro atoms. The maximum Gasteiger partial charge on any atom is 0.121 e. The highest BCUT2D eigenvalue weighted by Gasteiger charge is 2.61. The average molecular weight is 236 g/mol. The molecular weight excluding hydrogens is 212 g/mol. The van der Waals surface area contributed by atoms with Crippen LogP contribution in [0.15, 0.2) is 24.3 Å². The second kappa shape index (κ2) is 4.69. The molecule has 2 nitrogen and oxygen atoms in total. The molecule has 2 rings (SSSR count). The van der Waals surface area contributed by atoms with Crippen LogP contribution in [-0.4, -0.2) is 10.2 Å². The molecule has 0 atom stereocenters. The van der Waals surface area contributed by atoms with Gasteiger partial charge in [-0.05, 0) is 22.8 Å². The van der Waals surface area contributed by atoms with Crippen LogP contribution >= 0.6 is 0 Å². The molecule has 0 heterocycles. The monoisotopic (exact) mass is 236 g/mol. The van der Waals surface area contributed by atoms with Crippen molar-refractivity contribution in [1.82, 2.24) is 0 Å². The molecule has 0 saturated heterocycles. The van der Waals surface area contributed by atoms with Gasteiger partial charge in [0.15, 0.2) is 0 Å². The van der Waals surface area contributed by atoms with Gasteiger partial charge < -0.3 is 10.2 Å². The van der Waals surface area contributed by atoms with Crippen molar-refractivity contribution in [1.29, 1.82) is 0 Å². The molecule has 1 aliphatic rings. The lowest BCUT2D eigenvalue weighted by Gasteiger charge is -2.04. The molecule has 0 aliphatic heterocycles. The van der Waals surface area contributed by atoms with E-state index >= 15 is 0 Å². The van der Waals surface area contributed by atoms with Gasteiger partial charge in [-0.15, -0.1) is 0 Å². The fourth-order valence-corrected chi connectivity index (χ4v) is 2.17. The summed E-state index contributed by atoms with van der Waals surface area (Å²) in [4.78, 5) is 0. The minimum atomic E-state index is -0.104. The highest BCUT2D eigenvalue weighted by Crippen LogP contribution is 2.67. The first-order chi connectivity index (χ1) is 7.75. The van der Waals surface area contributed by atoms with Crippen molar-refractivity contribution in [2.45, 2.75) is 41.2 Å². The summed E-state index contributed by atoms with van der Waals surface area (Å²) in [7, 11) is 0. The molecule has 0 amide bonds. The molecule has 2 N–H and O–H groups in total. The molecule has 1 saturated carbocycles. The van der Waals surface area contributed by atoms with E-state index in [1.807, 2.05) is 0 Å². The third-order valence-electron chi connectivity index (χ3n) is 4.90. The van der Waals surface area contributed by atoms with Gasteiger partial charge in [-0.3, -0.25) is 0 Å². The number of hydrogen-bond acceptors (Lipinski definition) is 2. The number of aromatic hydroxyl groups is 1. The fraction of sp³-hybridized carbons (Fsp3) is 0.600. The fourth-order valence-electron chi connectivity index (χ4n) is 2.17. The van der Waals surface area contributed by atoms with Crippen LogP contribution in [0.3, 0.4) is 0 Å². The lowest BCUT2D eigenvalue weighted by molar-refractivity contribution is 0.275. The van der Waals surface area contributed by atoms with Crippen LogP contribution in [0.2, 0.25) is 0 Å². The number of aliphatic hydroxyl groups excluding tert-OH is 1. The topological polar surface area (TPSA) is 40.5 Å². The van der Waals surface area contributed by atoms with Crippen LogP contribution in [0.5, 0.6) is 5.75 Å². The van der Waals surface area contributed by atoms with Gasteiger partial charge in [-0.1, -0.05) is 52.8 Å².